The van der Waals surface area contributed by atoms with Gasteiger partial charge in [-0.1, -0.05) is 22.0 Å². The van der Waals surface area contributed by atoms with Gasteiger partial charge in [0.05, 0.1) is 11.4 Å². The van der Waals surface area contributed by atoms with Crippen LogP contribution >= 0.6 is 15.9 Å². The maximum atomic E-state index is 12.3. The molecule has 0 aliphatic carbocycles. The molecule has 0 spiro atoms. The molecule has 0 radical (unpaired) electrons. The lowest BCUT2D eigenvalue weighted by Gasteiger charge is -2.15. The number of halogens is 1. The van der Waals surface area contributed by atoms with Gasteiger partial charge in [0, 0.05) is 29.9 Å². The van der Waals surface area contributed by atoms with E-state index in [0.29, 0.717) is 5.69 Å². The summed E-state index contributed by atoms with van der Waals surface area (Å²) < 4.78 is 26.6. The van der Waals surface area contributed by atoms with Gasteiger partial charge in [0.1, 0.15) is 0 Å². The third-order valence-electron chi connectivity index (χ3n) is 3.89. The number of nitrogens with zero attached hydrogens (tertiary/aromatic N) is 1. The Morgan fingerprint density at radius 3 is 2.35 bits per heavy atom. The second-order valence-corrected chi connectivity index (χ2v) is 9.19. The molecule has 0 bridgehead atoms. The summed E-state index contributed by atoms with van der Waals surface area (Å²) in [6.07, 6.45) is 0. The summed E-state index contributed by atoms with van der Waals surface area (Å²) in [5.74, 6) is -0.212. The molecule has 140 valence electrons. The van der Waals surface area contributed by atoms with Gasteiger partial charge in [-0.25, -0.2) is 12.7 Å². The number of carbonyl (C=O) groups is 1. The van der Waals surface area contributed by atoms with Crippen molar-refractivity contribution in [2.75, 3.05) is 31.3 Å². The lowest BCUT2D eigenvalue weighted by molar-refractivity contribution is -0.114. The molecule has 1 amide bonds. The van der Waals surface area contributed by atoms with Gasteiger partial charge >= 0.3 is 0 Å². The summed E-state index contributed by atoms with van der Waals surface area (Å²) in [5, 5.41) is 5.85. The molecule has 26 heavy (non-hydrogen) atoms. The van der Waals surface area contributed by atoms with E-state index < -0.39 is 10.0 Å². The molecular weight excluding hydrogens is 418 g/mol. The van der Waals surface area contributed by atoms with Crippen molar-refractivity contribution in [3.05, 3.63) is 52.0 Å². The number of hydrogen-bond donors (Lipinski definition) is 2. The molecule has 8 heteroatoms. The first kappa shape index (κ1) is 20.4. The molecule has 2 aromatic rings. The highest BCUT2D eigenvalue weighted by Crippen LogP contribution is 2.22. The molecule has 2 N–H and O–H groups in total. The van der Waals surface area contributed by atoms with Gasteiger partial charge in [-0.3, -0.25) is 4.79 Å². The van der Waals surface area contributed by atoms with Crippen molar-refractivity contribution >= 4 is 43.2 Å². The van der Waals surface area contributed by atoms with Gasteiger partial charge in [-0.2, -0.15) is 0 Å². The zero-order valence-corrected chi connectivity index (χ0v) is 17.5. The fraction of sp³-hybridized carbons (Fsp3) is 0.278. The number of rotatable bonds is 6. The topological polar surface area (TPSA) is 78.5 Å². The van der Waals surface area contributed by atoms with Gasteiger partial charge in [-0.15, -0.1) is 0 Å². The van der Waals surface area contributed by atoms with E-state index in [0.717, 1.165) is 25.6 Å². The van der Waals surface area contributed by atoms with Crippen molar-refractivity contribution in [2.24, 2.45) is 0 Å². The number of nitrogens with one attached hydrogen (secondary N) is 2. The van der Waals surface area contributed by atoms with Gasteiger partial charge in [0.15, 0.2) is 0 Å². The number of hydrogen-bond acceptors (Lipinski definition) is 4. The van der Waals surface area contributed by atoms with Crippen LogP contribution in [0, 0.1) is 13.8 Å². The maximum Gasteiger partial charge on any atom is 0.243 e. The smallest absolute Gasteiger partial charge is 0.243 e. The SMILES string of the molecule is Cc1ccc(S(=O)(=O)N(C)C)cc1NCC(=O)Nc1ccc(Br)cc1C. The first-order valence-corrected chi connectivity index (χ1v) is 10.2. The summed E-state index contributed by atoms with van der Waals surface area (Å²) in [7, 11) is -0.560. The lowest BCUT2D eigenvalue weighted by Crippen LogP contribution is -2.24. The molecule has 0 fully saturated rings. The fourth-order valence-electron chi connectivity index (χ4n) is 2.30. The minimum Gasteiger partial charge on any atom is -0.376 e. The van der Waals surface area contributed by atoms with Crippen LogP contribution in [-0.2, 0) is 14.8 Å². The van der Waals surface area contributed by atoms with Crippen LogP contribution in [0.25, 0.3) is 0 Å². The van der Waals surface area contributed by atoms with E-state index in [1.54, 1.807) is 18.2 Å². The number of anilines is 2. The Morgan fingerprint density at radius 2 is 1.73 bits per heavy atom. The second-order valence-electron chi connectivity index (χ2n) is 6.13. The van der Waals surface area contributed by atoms with Crippen molar-refractivity contribution < 1.29 is 13.2 Å². The van der Waals surface area contributed by atoms with Gasteiger partial charge in [-0.05, 0) is 55.3 Å². The average Bonchev–Trinajstić information content (AvgIpc) is 2.56. The minimum atomic E-state index is -3.52. The molecule has 6 nitrogen and oxygen atoms in total. The standard InChI is InChI=1S/C18H22BrN3O3S/c1-12-5-7-15(26(24,25)22(3)4)10-17(12)20-11-18(23)21-16-8-6-14(19)9-13(16)2/h5-10,20H,11H2,1-4H3,(H,21,23). The van der Waals surface area contributed by atoms with Gasteiger partial charge < -0.3 is 10.6 Å². The number of amides is 1. The van der Waals surface area contributed by atoms with Crippen molar-refractivity contribution in [1.29, 1.82) is 0 Å². The molecular formula is C18H22BrN3O3S. The van der Waals surface area contributed by atoms with E-state index in [-0.39, 0.29) is 17.3 Å². The molecule has 0 saturated heterocycles. The Hall–Kier alpha value is -1.90. The summed E-state index contributed by atoms with van der Waals surface area (Å²) in [5.41, 5.74) is 3.15. The summed E-state index contributed by atoms with van der Waals surface area (Å²) in [6.45, 7) is 3.79. The van der Waals surface area contributed by atoms with Crippen LogP contribution in [0.2, 0.25) is 0 Å². The Bertz CT molecular complexity index is 927. The van der Waals surface area contributed by atoms with Crippen molar-refractivity contribution in [3.8, 4) is 0 Å². The highest BCUT2D eigenvalue weighted by molar-refractivity contribution is 9.10. The van der Waals surface area contributed by atoms with Gasteiger partial charge in [0.2, 0.25) is 15.9 Å². The zero-order valence-electron chi connectivity index (χ0n) is 15.1. The minimum absolute atomic E-state index is 0.0296. The normalized spacial score (nSPS) is 11.5. The van der Waals surface area contributed by atoms with Crippen LogP contribution in [0.15, 0.2) is 45.8 Å². The van der Waals surface area contributed by atoms with Crippen LogP contribution in [0.3, 0.4) is 0 Å². The van der Waals surface area contributed by atoms with E-state index in [1.165, 1.54) is 14.1 Å². The highest BCUT2D eigenvalue weighted by atomic mass is 79.9. The highest BCUT2D eigenvalue weighted by Gasteiger charge is 2.18. The summed E-state index contributed by atoms with van der Waals surface area (Å²) >= 11 is 3.39. The van der Waals surface area contributed by atoms with Crippen LogP contribution in [-0.4, -0.2) is 39.3 Å². The molecule has 0 saturated carbocycles. The van der Waals surface area contributed by atoms with E-state index in [2.05, 4.69) is 26.6 Å². The summed E-state index contributed by atoms with van der Waals surface area (Å²) in [6, 6.07) is 10.4. The van der Waals surface area contributed by atoms with Crippen molar-refractivity contribution in [2.45, 2.75) is 18.7 Å². The van der Waals surface area contributed by atoms with E-state index >= 15 is 0 Å². The predicted molar refractivity (Wildman–Crippen MR) is 108 cm³/mol. The third kappa shape index (κ3) is 4.84. The molecule has 0 aromatic heterocycles. The number of benzene rings is 2. The number of aryl methyl sites for hydroxylation is 2. The quantitative estimate of drug-likeness (QED) is 0.722. The first-order chi connectivity index (χ1) is 12.1. The Balaban J connectivity index is 2.10. The monoisotopic (exact) mass is 439 g/mol. The number of carbonyl (C=O) groups excluding carboxylic acids is 1. The Labute approximate surface area is 162 Å². The molecule has 2 rings (SSSR count). The molecule has 0 unspecified atom stereocenters. The largest absolute Gasteiger partial charge is 0.376 e. The lowest BCUT2D eigenvalue weighted by atomic mass is 10.2. The Morgan fingerprint density at radius 1 is 1.04 bits per heavy atom. The molecule has 2 aromatic carbocycles. The van der Waals surface area contributed by atoms with Crippen molar-refractivity contribution in [1.82, 2.24) is 4.31 Å². The van der Waals surface area contributed by atoms with E-state index in [4.69, 9.17) is 0 Å². The van der Waals surface area contributed by atoms with Crippen molar-refractivity contribution in [3.63, 3.8) is 0 Å². The fourth-order valence-corrected chi connectivity index (χ4v) is 3.70. The van der Waals surface area contributed by atoms with Crippen LogP contribution in [0.4, 0.5) is 11.4 Å². The van der Waals surface area contributed by atoms with Crippen LogP contribution < -0.4 is 10.6 Å². The maximum absolute atomic E-state index is 12.3. The zero-order chi connectivity index (χ0) is 19.5. The molecule has 0 heterocycles. The van der Waals surface area contributed by atoms with E-state index in [9.17, 15) is 13.2 Å². The van der Waals surface area contributed by atoms with Crippen LogP contribution in [0.1, 0.15) is 11.1 Å². The second kappa shape index (κ2) is 8.20. The Kier molecular flexibility index (Phi) is 6.44. The predicted octanol–water partition coefficient (Wildman–Crippen LogP) is 3.37. The first-order valence-electron chi connectivity index (χ1n) is 7.94. The third-order valence-corrected chi connectivity index (χ3v) is 6.19. The molecule has 0 aliphatic rings. The summed E-state index contributed by atoms with van der Waals surface area (Å²) in [4.78, 5) is 12.4. The number of sulfonamides is 1. The van der Waals surface area contributed by atoms with Gasteiger partial charge in [0.25, 0.3) is 0 Å². The van der Waals surface area contributed by atoms with E-state index in [1.807, 2.05) is 32.0 Å². The molecule has 0 aliphatic heterocycles. The molecule has 0 atom stereocenters. The average molecular weight is 440 g/mol. The van der Waals surface area contributed by atoms with Crippen LogP contribution in [0.5, 0.6) is 0 Å².